The predicted molar refractivity (Wildman–Crippen MR) is 57.3 cm³/mol. The number of hydrogen-bond acceptors (Lipinski definition) is 4. The zero-order valence-corrected chi connectivity index (χ0v) is 9.28. The SMILES string of the molecule is CC[C@H](N)c1nc(C2CCCCC2)no1. The Bertz CT molecular complexity index is 305. The standard InChI is InChI=1S/C11H19N3O/c1-2-9(12)11-13-10(14-15-11)8-6-4-3-5-7-8/h8-9H,2-7,12H2,1H3/t9-/m0/s1. The molecule has 15 heavy (non-hydrogen) atoms. The van der Waals surface area contributed by atoms with E-state index in [1.165, 1.54) is 32.1 Å². The lowest BCUT2D eigenvalue weighted by Crippen LogP contribution is -2.10. The summed E-state index contributed by atoms with van der Waals surface area (Å²) in [6, 6.07) is -0.102. The van der Waals surface area contributed by atoms with E-state index in [0.29, 0.717) is 11.8 Å². The Hall–Kier alpha value is -0.900. The number of hydrogen-bond donors (Lipinski definition) is 1. The van der Waals surface area contributed by atoms with E-state index in [9.17, 15) is 0 Å². The molecule has 0 radical (unpaired) electrons. The van der Waals surface area contributed by atoms with Gasteiger partial charge in [-0.1, -0.05) is 31.3 Å². The Kier molecular flexibility index (Phi) is 3.36. The highest BCUT2D eigenvalue weighted by Gasteiger charge is 2.22. The predicted octanol–water partition coefficient (Wildman–Crippen LogP) is 2.53. The number of nitrogens with two attached hydrogens (primary N) is 1. The fourth-order valence-electron chi connectivity index (χ4n) is 2.10. The van der Waals surface area contributed by atoms with Crippen molar-refractivity contribution in [2.75, 3.05) is 0 Å². The van der Waals surface area contributed by atoms with Gasteiger partial charge in [-0.05, 0) is 19.3 Å². The number of rotatable bonds is 3. The van der Waals surface area contributed by atoms with Crippen LogP contribution >= 0.6 is 0 Å². The van der Waals surface area contributed by atoms with Crippen molar-refractivity contribution in [3.05, 3.63) is 11.7 Å². The zero-order chi connectivity index (χ0) is 10.7. The van der Waals surface area contributed by atoms with Crippen LogP contribution in [0.15, 0.2) is 4.52 Å². The highest BCUT2D eigenvalue weighted by molar-refractivity contribution is 4.98. The molecule has 0 aromatic carbocycles. The molecule has 2 rings (SSSR count). The van der Waals surface area contributed by atoms with Gasteiger partial charge in [0.25, 0.3) is 0 Å². The van der Waals surface area contributed by atoms with E-state index >= 15 is 0 Å². The molecule has 1 aromatic heterocycles. The molecule has 1 saturated carbocycles. The molecule has 1 aliphatic rings. The van der Waals surface area contributed by atoms with Crippen LogP contribution in [0, 0.1) is 0 Å². The summed E-state index contributed by atoms with van der Waals surface area (Å²) in [7, 11) is 0. The number of nitrogens with zero attached hydrogens (tertiary/aromatic N) is 2. The summed E-state index contributed by atoms with van der Waals surface area (Å²) in [6.45, 7) is 2.02. The van der Waals surface area contributed by atoms with Gasteiger partial charge in [-0.15, -0.1) is 0 Å². The fraction of sp³-hybridized carbons (Fsp3) is 0.818. The van der Waals surface area contributed by atoms with Gasteiger partial charge >= 0.3 is 0 Å². The molecule has 0 amide bonds. The van der Waals surface area contributed by atoms with Crippen molar-refractivity contribution in [3.63, 3.8) is 0 Å². The minimum absolute atomic E-state index is 0.102. The summed E-state index contributed by atoms with van der Waals surface area (Å²) >= 11 is 0. The van der Waals surface area contributed by atoms with Crippen LogP contribution in [0.1, 0.15) is 69.1 Å². The van der Waals surface area contributed by atoms with Crippen LogP contribution in [0.3, 0.4) is 0 Å². The van der Waals surface area contributed by atoms with Crippen molar-refractivity contribution in [2.24, 2.45) is 5.73 Å². The van der Waals surface area contributed by atoms with E-state index in [4.69, 9.17) is 10.3 Å². The fourth-order valence-corrected chi connectivity index (χ4v) is 2.10. The van der Waals surface area contributed by atoms with E-state index in [0.717, 1.165) is 12.2 Å². The second-order valence-electron chi connectivity index (χ2n) is 4.34. The van der Waals surface area contributed by atoms with Gasteiger partial charge < -0.3 is 10.3 Å². The molecule has 0 bridgehead atoms. The smallest absolute Gasteiger partial charge is 0.243 e. The lowest BCUT2D eigenvalue weighted by molar-refractivity contribution is 0.339. The van der Waals surface area contributed by atoms with E-state index in [2.05, 4.69) is 10.1 Å². The van der Waals surface area contributed by atoms with Crippen molar-refractivity contribution in [3.8, 4) is 0 Å². The quantitative estimate of drug-likeness (QED) is 0.830. The minimum atomic E-state index is -0.102. The second kappa shape index (κ2) is 4.75. The molecule has 0 spiro atoms. The first-order chi connectivity index (χ1) is 7.31. The van der Waals surface area contributed by atoms with Gasteiger partial charge in [0.1, 0.15) is 0 Å². The van der Waals surface area contributed by atoms with Crippen LogP contribution in [0.4, 0.5) is 0 Å². The van der Waals surface area contributed by atoms with E-state index in [1.54, 1.807) is 0 Å². The van der Waals surface area contributed by atoms with Crippen LogP contribution in [0.5, 0.6) is 0 Å². The van der Waals surface area contributed by atoms with Crippen molar-refractivity contribution < 1.29 is 4.52 Å². The maximum absolute atomic E-state index is 5.84. The monoisotopic (exact) mass is 209 g/mol. The summed E-state index contributed by atoms with van der Waals surface area (Å²) in [5.41, 5.74) is 5.84. The molecule has 4 nitrogen and oxygen atoms in total. The van der Waals surface area contributed by atoms with Gasteiger partial charge in [-0.25, -0.2) is 0 Å². The van der Waals surface area contributed by atoms with Crippen LogP contribution in [0.25, 0.3) is 0 Å². The molecule has 0 aliphatic heterocycles. The van der Waals surface area contributed by atoms with Crippen LogP contribution in [-0.4, -0.2) is 10.1 Å². The zero-order valence-electron chi connectivity index (χ0n) is 9.28. The average Bonchev–Trinajstić information content (AvgIpc) is 2.78. The molecule has 1 aliphatic carbocycles. The Morgan fingerprint density at radius 1 is 1.40 bits per heavy atom. The summed E-state index contributed by atoms with van der Waals surface area (Å²) in [6.07, 6.45) is 7.14. The van der Waals surface area contributed by atoms with Crippen LogP contribution < -0.4 is 5.73 Å². The van der Waals surface area contributed by atoms with Gasteiger partial charge in [-0.2, -0.15) is 4.98 Å². The molecule has 0 saturated heterocycles. The molecule has 4 heteroatoms. The minimum Gasteiger partial charge on any atom is -0.338 e. The number of aromatic nitrogens is 2. The maximum Gasteiger partial charge on any atom is 0.243 e. The largest absolute Gasteiger partial charge is 0.338 e. The average molecular weight is 209 g/mol. The van der Waals surface area contributed by atoms with Crippen molar-refractivity contribution in [1.82, 2.24) is 10.1 Å². The second-order valence-corrected chi connectivity index (χ2v) is 4.34. The van der Waals surface area contributed by atoms with E-state index in [-0.39, 0.29) is 6.04 Å². The Morgan fingerprint density at radius 3 is 2.80 bits per heavy atom. The van der Waals surface area contributed by atoms with Gasteiger partial charge in [0.2, 0.25) is 5.89 Å². The summed E-state index contributed by atoms with van der Waals surface area (Å²) < 4.78 is 5.18. The Labute approximate surface area is 90.2 Å². The van der Waals surface area contributed by atoms with Gasteiger partial charge in [0.15, 0.2) is 5.82 Å². The lowest BCUT2D eigenvalue weighted by Gasteiger charge is -2.17. The molecule has 1 atom stereocenters. The Balaban J connectivity index is 2.05. The third kappa shape index (κ3) is 2.37. The first kappa shape index (κ1) is 10.6. The molecule has 1 aromatic rings. The topological polar surface area (TPSA) is 64.9 Å². The molecule has 0 unspecified atom stereocenters. The molecular formula is C11H19N3O. The van der Waals surface area contributed by atoms with Crippen LogP contribution in [-0.2, 0) is 0 Å². The summed E-state index contributed by atoms with van der Waals surface area (Å²) in [4.78, 5) is 4.40. The third-order valence-electron chi connectivity index (χ3n) is 3.18. The first-order valence-electron chi connectivity index (χ1n) is 5.90. The molecule has 1 fully saturated rings. The lowest BCUT2D eigenvalue weighted by atomic mass is 9.89. The van der Waals surface area contributed by atoms with Crippen molar-refractivity contribution in [2.45, 2.75) is 57.4 Å². The molecule has 1 heterocycles. The van der Waals surface area contributed by atoms with E-state index in [1.807, 2.05) is 6.92 Å². The summed E-state index contributed by atoms with van der Waals surface area (Å²) in [5.74, 6) is 1.96. The van der Waals surface area contributed by atoms with Crippen LogP contribution in [0.2, 0.25) is 0 Å². The van der Waals surface area contributed by atoms with Gasteiger partial charge in [-0.3, -0.25) is 0 Å². The Morgan fingerprint density at radius 2 is 2.13 bits per heavy atom. The highest BCUT2D eigenvalue weighted by atomic mass is 16.5. The summed E-state index contributed by atoms with van der Waals surface area (Å²) in [5, 5.41) is 4.04. The van der Waals surface area contributed by atoms with E-state index < -0.39 is 0 Å². The molecule has 2 N–H and O–H groups in total. The third-order valence-corrected chi connectivity index (χ3v) is 3.18. The first-order valence-corrected chi connectivity index (χ1v) is 5.90. The maximum atomic E-state index is 5.84. The normalized spacial score (nSPS) is 20.4. The van der Waals surface area contributed by atoms with Gasteiger partial charge in [0, 0.05) is 5.92 Å². The van der Waals surface area contributed by atoms with Crippen molar-refractivity contribution >= 4 is 0 Å². The van der Waals surface area contributed by atoms with Gasteiger partial charge in [0.05, 0.1) is 6.04 Å². The molecule has 84 valence electrons. The highest BCUT2D eigenvalue weighted by Crippen LogP contribution is 2.31. The van der Waals surface area contributed by atoms with Crippen molar-refractivity contribution in [1.29, 1.82) is 0 Å². The molecular weight excluding hydrogens is 190 g/mol.